The van der Waals surface area contributed by atoms with Crippen molar-refractivity contribution in [1.82, 2.24) is 19.9 Å². The molecule has 0 bridgehead atoms. The first-order valence-electron chi connectivity index (χ1n) is 23.0. The Morgan fingerprint density at radius 1 is 0.471 bits per heavy atom. The molecule has 368 valence electrons. The number of amides is 2. The van der Waals surface area contributed by atoms with E-state index in [1.54, 1.807) is 37.1 Å². The van der Waals surface area contributed by atoms with Gasteiger partial charge in [0.2, 0.25) is 18.3 Å². The Labute approximate surface area is 409 Å². The van der Waals surface area contributed by atoms with Crippen LogP contribution < -0.4 is 20.8 Å². The molecule has 0 aliphatic heterocycles. The van der Waals surface area contributed by atoms with Crippen LogP contribution in [0.2, 0.25) is 0 Å². The van der Waals surface area contributed by atoms with E-state index < -0.39 is 11.8 Å². The van der Waals surface area contributed by atoms with Crippen molar-refractivity contribution in [1.29, 1.82) is 0 Å². The fourth-order valence-electron chi connectivity index (χ4n) is 5.54. The maximum Gasteiger partial charge on any atom is 0.254 e. The molecule has 11 heteroatoms. The summed E-state index contributed by atoms with van der Waals surface area (Å²) in [5.41, 5.74) is 18.9. The van der Waals surface area contributed by atoms with Gasteiger partial charge in [-0.2, -0.15) is 0 Å². The molecule has 5 heterocycles. The maximum absolute atomic E-state index is 10.9. The fourth-order valence-corrected chi connectivity index (χ4v) is 5.54. The standard InChI is InChI=1S/C11H16.C10H14N2O2.C10H14N2O.C9H13N.C9H14N.C8H12N2/c1-9-6-5-7-10(8-9)11(2,3)4;1-10(2,3)8-4-7(9(11)13)5-12(14)6-8;1-10(2,3)8-4-7(9(11)13)5-12-6-8;1-9(2,3)8-5-4-6-10-7-8;1-9(2,3)10-7-5-4-6-8-10;1-8(2,3)7-4-9-6-10-5-7/h5-8H,1-4H3;4-6H,1-3H3,(H2-,11,13,14);4-6H,1-3H3,(H2,11,13);4-7H,1-3H3;4-8H,1-3H3;4-6H,1-3H3/q;;;;+1;/p+1. The topological polar surface area (TPSA) is 166 Å². The summed E-state index contributed by atoms with van der Waals surface area (Å²) in [5, 5.41) is 9.32. The monoisotopic (exact) mass is 929 g/mol. The van der Waals surface area contributed by atoms with Gasteiger partial charge in [-0.25, -0.2) is 14.5 Å². The lowest BCUT2D eigenvalue weighted by Gasteiger charge is -2.19. The second kappa shape index (κ2) is 25.7. The third kappa shape index (κ3) is 23.4. The summed E-state index contributed by atoms with van der Waals surface area (Å²) in [4.78, 5) is 37.7. The molecular formula is C57H84N8O3+2. The number of rotatable bonds is 2. The zero-order valence-corrected chi connectivity index (χ0v) is 44.8. The third-order valence-electron chi connectivity index (χ3n) is 10.2. The fraction of sp³-hybridized carbons (Fsp3) is 0.439. The summed E-state index contributed by atoms with van der Waals surface area (Å²) in [5.74, 6) is -0.975. The van der Waals surface area contributed by atoms with Crippen molar-refractivity contribution in [3.8, 4) is 0 Å². The molecule has 68 heavy (non-hydrogen) atoms. The molecule has 6 rings (SSSR count). The van der Waals surface area contributed by atoms with Crippen molar-refractivity contribution in [2.75, 3.05) is 0 Å². The van der Waals surface area contributed by atoms with Gasteiger partial charge in [-0.15, -0.1) is 0 Å². The largest absolute Gasteiger partial charge is 0.366 e. The van der Waals surface area contributed by atoms with Gasteiger partial charge in [-0.3, -0.25) is 24.8 Å². The number of carbonyl (C=O) groups excluding carboxylic acids is 2. The van der Waals surface area contributed by atoms with Gasteiger partial charge in [0.15, 0.2) is 17.9 Å². The highest BCUT2D eigenvalue weighted by atomic mass is 16.5. The van der Waals surface area contributed by atoms with E-state index in [4.69, 9.17) is 11.5 Å². The molecule has 0 aliphatic carbocycles. The van der Waals surface area contributed by atoms with Crippen molar-refractivity contribution in [2.24, 2.45) is 11.5 Å². The van der Waals surface area contributed by atoms with E-state index in [-0.39, 0.29) is 32.6 Å². The van der Waals surface area contributed by atoms with Crippen LogP contribution in [-0.4, -0.2) is 37.0 Å². The molecule has 0 fully saturated rings. The Kier molecular flexibility index (Phi) is 22.5. The van der Waals surface area contributed by atoms with Crippen LogP contribution in [0, 0.1) is 6.92 Å². The van der Waals surface area contributed by atoms with Crippen molar-refractivity contribution in [3.63, 3.8) is 0 Å². The van der Waals surface area contributed by atoms with Crippen LogP contribution in [0.25, 0.3) is 0 Å². The minimum atomic E-state index is -0.543. The molecule has 0 spiro atoms. The maximum atomic E-state index is 10.9. The first kappa shape index (κ1) is 59.7. The Bertz CT molecular complexity index is 2300. The van der Waals surface area contributed by atoms with Gasteiger partial charge in [0.05, 0.1) is 5.56 Å². The SMILES string of the molecule is CC(C)(C)[n+]1ccccc1.CC(C)(C)c1cc(C(N)=O)c[n+](O)c1.CC(C)(C)c1cccnc1.CC(C)(C)c1cncc(C(N)=O)c1.CC(C)(C)c1cncnc1.Cc1cccc(C(C)(C)C)c1. The summed E-state index contributed by atoms with van der Waals surface area (Å²) >= 11 is 0. The quantitative estimate of drug-likeness (QED) is 0.115. The highest BCUT2D eigenvalue weighted by Gasteiger charge is 2.22. The van der Waals surface area contributed by atoms with E-state index in [0.717, 1.165) is 15.9 Å². The summed E-state index contributed by atoms with van der Waals surface area (Å²) in [6, 6.07) is 22.4. The average molecular weight is 929 g/mol. The molecule has 0 saturated heterocycles. The van der Waals surface area contributed by atoms with Crippen molar-refractivity contribution in [2.45, 2.75) is 164 Å². The van der Waals surface area contributed by atoms with Crippen molar-refractivity contribution in [3.05, 3.63) is 180 Å². The highest BCUT2D eigenvalue weighted by Crippen LogP contribution is 2.24. The second-order valence-corrected chi connectivity index (χ2v) is 22.8. The summed E-state index contributed by atoms with van der Waals surface area (Å²) in [7, 11) is 0. The molecule has 0 radical (unpaired) electrons. The lowest BCUT2D eigenvalue weighted by Crippen LogP contribution is -2.49. The van der Waals surface area contributed by atoms with Crippen LogP contribution in [0.15, 0.2) is 135 Å². The number of carbonyl (C=O) groups is 2. The minimum absolute atomic E-state index is 0.00153. The lowest BCUT2D eigenvalue weighted by atomic mass is 9.86. The molecule has 0 atom stereocenters. The number of primary amides is 2. The van der Waals surface area contributed by atoms with Gasteiger partial charge in [-0.1, -0.05) is 146 Å². The number of nitrogens with zero attached hydrogens (tertiary/aromatic N) is 6. The number of aromatic nitrogens is 6. The normalized spacial score (nSPS) is 11.5. The van der Waals surface area contributed by atoms with E-state index in [0.29, 0.717) is 11.1 Å². The van der Waals surface area contributed by atoms with Gasteiger partial charge in [0, 0.05) is 80.4 Å². The molecule has 0 aliphatic rings. The minimum Gasteiger partial charge on any atom is -0.366 e. The summed E-state index contributed by atoms with van der Waals surface area (Å²) in [6.07, 6.45) is 19.2. The van der Waals surface area contributed by atoms with Crippen molar-refractivity contribution >= 4 is 11.8 Å². The van der Waals surface area contributed by atoms with E-state index in [1.165, 1.54) is 34.6 Å². The molecule has 0 saturated carbocycles. The van der Waals surface area contributed by atoms with E-state index in [1.807, 2.05) is 63.6 Å². The zero-order chi connectivity index (χ0) is 52.3. The van der Waals surface area contributed by atoms with E-state index in [9.17, 15) is 14.8 Å². The summed E-state index contributed by atoms with van der Waals surface area (Å²) in [6.45, 7) is 40.6. The average Bonchev–Trinajstić information content (AvgIpc) is 3.24. The number of nitrogens with two attached hydrogens (primary N) is 2. The molecule has 5 aromatic heterocycles. The van der Waals surface area contributed by atoms with Gasteiger partial charge in [-0.05, 0) is 74.5 Å². The van der Waals surface area contributed by atoms with Gasteiger partial charge in [0.25, 0.3) is 5.91 Å². The van der Waals surface area contributed by atoms with Crippen LogP contribution in [0.3, 0.4) is 0 Å². The van der Waals surface area contributed by atoms with Crippen molar-refractivity contribution < 1.29 is 24.1 Å². The second-order valence-electron chi connectivity index (χ2n) is 22.8. The molecular weight excluding hydrogens is 845 g/mol. The number of aryl methyl sites for hydroxylation is 1. The third-order valence-corrected chi connectivity index (χ3v) is 10.2. The van der Waals surface area contributed by atoms with Gasteiger partial charge in [0.1, 0.15) is 11.9 Å². The Morgan fingerprint density at radius 2 is 0.926 bits per heavy atom. The first-order chi connectivity index (χ1) is 31.0. The molecule has 2 amide bonds. The smallest absolute Gasteiger partial charge is 0.254 e. The Morgan fingerprint density at radius 3 is 1.29 bits per heavy atom. The van der Waals surface area contributed by atoms with Crippen LogP contribution in [0.1, 0.15) is 179 Å². The zero-order valence-electron chi connectivity index (χ0n) is 44.8. The first-order valence-corrected chi connectivity index (χ1v) is 23.0. The molecule has 6 aromatic rings. The van der Waals surface area contributed by atoms with Gasteiger partial charge < -0.3 is 11.5 Å². The van der Waals surface area contributed by atoms with Gasteiger partial charge >= 0.3 is 0 Å². The lowest BCUT2D eigenvalue weighted by molar-refractivity contribution is -0.905. The molecule has 5 N–H and O–H groups in total. The van der Waals surface area contributed by atoms with E-state index >= 15 is 0 Å². The molecule has 0 unspecified atom stereocenters. The van der Waals surface area contributed by atoms with Crippen LogP contribution in [0.5, 0.6) is 0 Å². The number of pyridine rings is 4. The highest BCUT2D eigenvalue weighted by molar-refractivity contribution is 5.93. The van der Waals surface area contributed by atoms with E-state index in [2.05, 4.69) is 178 Å². The predicted octanol–water partition coefficient (Wildman–Crippen LogP) is 11.3. The Balaban J connectivity index is 0.000000410. The predicted molar refractivity (Wildman–Crippen MR) is 278 cm³/mol. The number of hydrogen-bond donors (Lipinski definition) is 3. The number of hydrogen-bond acceptors (Lipinski definition) is 7. The summed E-state index contributed by atoms with van der Waals surface area (Å²) < 4.78 is 3.05. The van der Waals surface area contributed by atoms with Crippen LogP contribution >= 0.6 is 0 Å². The number of benzene rings is 1. The molecule has 11 nitrogen and oxygen atoms in total. The van der Waals surface area contributed by atoms with Crippen LogP contribution in [0.4, 0.5) is 0 Å². The Hall–Kier alpha value is -6.36. The van der Waals surface area contributed by atoms with Crippen LogP contribution in [-0.2, 0) is 32.6 Å². The molecule has 1 aromatic carbocycles.